The molecule has 0 unspecified atom stereocenters. The first-order chi connectivity index (χ1) is 16.1. The van der Waals surface area contributed by atoms with Crippen molar-refractivity contribution in [1.29, 1.82) is 5.26 Å². The SMILES string of the molecule is CCOc1nc2c(Cl)ccnc2n1Cc1ccc2c(c1)CCc1ccccc1C2=C(C)C#N. The van der Waals surface area contributed by atoms with Crippen LogP contribution in [0.4, 0.5) is 0 Å². The van der Waals surface area contributed by atoms with Crippen molar-refractivity contribution in [3.8, 4) is 12.1 Å². The molecule has 0 spiro atoms. The van der Waals surface area contributed by atoms with Gasteiger partial charge in [-0.05, 0) is 60.6 Å². The molecular formula is C27H23ClN4O. The number of allylic oxidation sites excluding steroid dienone is 1. The van der Waals surface area contributed by atoms with Crippen LogP contribution in [0.2, 0.25) is 5.02 Å². The zero-order valence-corrected chi connectivity index (χ0v) is 19.4. The number of aryl methyl sites for hydroxylation is 2. The molecule has 5 nitrogen and oxygen atoms in total. The highest BCUT2D eigenvalue weighted by Crippen LogP contribution is 2.36. The molecule has 33 heavy (non-hydrogen) atoms. The Hall–Kier alpha value is -3.62. The number of ether oxygens (including phenoxy) is 1. The van der Waals surface area contributed by atoms with Gasteiger partial charge in [0.1, 0.15) is 5.52 Å². The minimum Gasteiger partial charge on any atom is -0.465 e. The first kappa shape index (κ1) is 21.2. The Balaban J connectivity index is 1.60. The van der Waals surface area contributed by atoms with Crippen molar-refractivity contribution in [2.45, 2.75) is 33.2 Å². The number of hydrogen-bond donors (Lipinski definition) is 0. The van der Waals surface area contributed by atoms with E-state index >= 15 is 0 Å². The molecule has 1 aliphatic rings. The summed E-state index contributed by atoms with van der Waals surface area (Å²) in [7, 11) is 0. The largest absolute Gasteiger partial charge is 0.465 e. The maximum atomic E-state index is 9.71. The van der Waals surface area contributed by atoms with E-state index in [2.05, 4.69) is 52.4 Å². The van der Waals surface area contributed by atoms with Crippen molar-refractivity contribution in [2.24, 2.45) is 0 Å². The van der Waals surface area contributed by atoms with Crippen molar-refractivity contribution in [3.05, 3.63) is 93.1 Å². The lowest BCUT2D eigenvalue weighted by atomic mass is 9.90. The van der Waals surface area contributed by atoms with E-state index in [0.717, 1.165) is 40.7 Å². The fraction of sp³-hybridized carbons (Fsp3) is 0.222. The summed E-state index contributed by atoms with van der Waals surface area (Å²) in [5.41, 5.74) is 9.03. The molecule has 2 aromatic heterocycles. The van der Waals surface area contributed by atoms with E-state index in [4.69, 9.17) is 16.3 Å². The van der Waals surface area contributed by atoms with Gasteiger partial charge >= 0.3 is 0 Å². The van der Waals surface area contributed by atoms with E-state index in [1.165, 1.54) is 11.1 Å². The molecule has 0 N–H and O–H groups in total. The highest BCUT2D eigenvalue weighted by Gasteiger charge is 2.21. The van der Waals surface area contributed by atoms with E-state index in [1.807, 2.05) is 24.5 Å². The highest BCUT2D eigenvalue weighted by molar-refractivity contribution is 6.34. The number of pyridine rings is 1. The van der Waals surface area contributed by atoms with E-state index in [0.29, 0.717) is 35.3 Å². The molecule has 0 radical (unpaired) electrons. The van der Waals surface area contributed by atoms with Crippen molar-refractivity contribution in [3.63, 3.8) is 0 Å². The zero-order chi connectivity index (χ0) is 22.9. The Morgan fingerprint density at radius 1 is 1.12 bits per heavy atom. The Morgan fingerprint density at radius 3 is 2.73 bits per heavy atom. The van der Waals surface area contributed by atoms with Crippen molar-refractivity contribution in [2.75, 3.05) is 6.61 Å². The van der Waals surface area contributed by atoms with Crippen LogP contribution in [-0.2, 0) is 19.4 Å². The lowest BCUT2D eigenvalue weighted by molar-refractivity contribution is 0.301. The minimum absolute atomic E-state index is 0.505. The van der Waals surface area contributed by atoms with Gasteiger partial charge in [0.05, 0.1) is 24.2 Å². The number of aromatic nitrogens is 3. The van der Waals surface area contributed by atoms with Gasteiger partial charge in [-0.25, -0.2) is 4.98 Å². The molecule has 2 heterocycles. The average Bonchev–Trinajstić information content (AvgIpc) is 3.08. The first-order valence-corrected chi connectivity index (χ1v) is 11.4. The molecule has 6 heteroatoms. The molecule has 0 saturated carbocycles. The van der Waals surface area contributed by atoms with Gasteiger partial charge in [-0.3, -0.25) is 4.57 Å². The monoisotopic (exact) mass is 454 g/mol. The second-order valence-corrected chi connectivity index (χ2v) is 8.55. The Morgan fingerprint density at radius 2 is 1.91 bits per heavy atom. The van der Waals surface area contributed by atoms with E-state index in [-0.39, 0.29) is 0 Å². The molecule has 0 aliphatic heterocycles. The predicted molar refractivity (Wildman–Crippen MR) is 130 cm³/mol. The fourth-order valence-electron chi connectivity index (χ4n) is 4.58. The smallest absolute Gasteiger partial charge is 0.298 e. The molecule has 5 rings (SSSR count). The highest BCUT2D eigenvalue weighted by atomic mass is 35.5. The summed E-state index contributed by atoms with van der Waals surface area (Å²) in [5.74, 6) is 0. The summed E-state index contributed by atoms with van der Waals surface area (Å²) < 4.78 is 7.76. The van der Waals surface area contributed by atoms with Crippen LogP contribution in [0.15, 0.2) is 60.3 Å². The molecule has 0 bridgehead atoms. The number of benzene rings is 2. The summed E-state index contributed by atoms with van der Waals surface area (Å²) in [5, 5.41) is 10.3. The summed E-state index contributed by atoms with van der Waals surface area (Å²) in [6.07, 6.45) is 3.54. The van der Waals surface area contributed by atoms with Crippen LogP contribution in [-0.4, -0.2) is 21.1 Å². The third-order valence-corrected chi connectivity index (χ3v) is 6.40. The number of fused-ring (bicyclic) bond motifs is 3. The van der Waals surface area contributed by atoms with E-state index in [9.17, 15) is 5.26 Å². The van der Waals surface area contributed by atoms with Crippen LogP contribution >= 0.6 is 11.6 Å². The standard InChI is InChI=1S/C27H23ClN4O/c1-3-33-27-31-25-23(28)12-13-30-26(25)32(27)16-18-8-11-22-20(14-18)10-9-19-6-4-5-7-21(19)24(22)17(2)15-29/h4-8,11-14H,3,9-10,16H2,1-2H3. The van der Waals surface area contributed by atoms with Crippen LogP contribution < -0.4 is 4.74 Å². The van der Waals surface area contributed by atoms with Crippen LogP contribution in [0, 0.1) is 11.3 Å². The van der Waals surface area contributed by atoms with Gasteiger partial charge in [-0.15, -0.1) is 0 Å². The fourth-order valence-corrected chi connectivity index (χ4v) is 4.77. The molecule has 0 saturated heterocycles. The molecule has 4 aromatic rings. The third kappa shape index (κ3) is 3.77. The average molecular weight is 455 g/mol. The molecule has 0 atom stereocenters. The number of nitriles is 1. The van der Waals surface area contributed by atoms with Gasteiger partial charge in [0.15, 0.2) is 5.65 Å². The topological polar surface area (TPSA) is 63.7 Å². The predicted octanol–water partition coefficient (Wildman–Crippen LogP) is 5.98. The lowest BCUT2D eigenvalue weighted by Gasteiger charge is -2.15. The first-order valence-electron chi connectivity index (χ1n) is 11.1. The molecule has 0 fully saturated rings. The van der Waals surface area contributed by atoms with Gasteiger partial charge in [0, 0.05) is 17.3 Å². The Bertz CT molecular complexity index is 1440. The van der Waals surface area contributed by atoms with Gasteiger partial charge < -0.3 is 4.74 Å². The van der Waals surface area contributed by atoms with Crippen molar-refractivity contribution in [1.82, 2.24) is 14.5 Å². The second kappa shape index (κ2) is 8.73. The van der Waals surface area contributed by atoms with E-state index in [1.54, 1.807) is 12.3 Å². The Labute approximate surface area is 197 Å². The second-order valence-electron chi connectivity index (χ2n) is 8.14. The summed E-state index contributed by atoms with van der Waals surface area (Å²) >= 11 is 6.36. The quantitative estimate of drug-likeness (QED) is 0.356. The molecule has 164 valence electrons. The van der Waals surface area contributed by atoms with Crippen LogP contribution in [0.5, 0.6) is 6.01 Å². The maximum Gasteiger partial charge on any atom is 0.298 e. The van der Waals surface area contributed by atoms with Gasteiger partial charge in [-0.1, -0.05) is 54.1 Å². The van der Waals surface area contributed by atoms with Crippen LogP contribution in [0.3, 0.4) is 0 Å². The van der Waals surface area contributed by atoms with Crippen molar-refractivity contribution >= 4 is 28.3 Å². The molecule has 1 aliphatic carbocycles. The number of imidazole rings is 1. The Kier molecular flexibility index (Phi) is 5.62. The number of hydrogen-bond acceptors (Lipinski definition) is 4. The molecular weight excluding hydrogens is 432 g/mol. The number of rotatable bonds is 4. The van der Waals surface area contributed by atoms with Gasteiger partial charge in [0.25, 0.3) is 6.01 Å². The summed E-state index contributed by atoms with van der Waals surface area (Å²) in [6, 6.07) is 19.5. The molecule has 2 aromatic carbocycles. The van der Waals surface area contributed by atoms with Gasteiger partial charge in [-0.2, -0.15) is 10.2 Å². The minimum atomic E-state index is 0.505. The number of nitrogens with zero attached hydrogens (tertiary/aromatic N) is 4. The summed E-state index contributed by atoms with van der Waals surface area (Å²) in [6.45, 7) is 4.90. The molecule has 0 amide bonds. The van der Waals surface area contributed by atoms with Crippen molar-refractivity contribution < 1.29 is 4.74 Å². The third-order valence-electron chi connectivity index (χ3n) is 6.10. The van der Waals surface area contributed by atoms with E-state index < -0.39 is 0 Å². The summed E-state index contributed by atoms with van der Waals surface area (Å²) in [4.78, 5) is 9.09. The lowest BCUT2D eigenvalue weighted by Crippen LogP contribution is -2.06. The van der Waals surface area contributed by atoms with Gasteiger partial charge in [0.2, 0.25) is 0 Å². The van der Waals surface area contributed by atoms with Crippen LogP contribution in [0.1, 0.15) is 41.7 Å². The number of halogens is 1. The maximum absolute atomic E-state index is 9.71. The zero-order valence-electron chi connectivity index (χ0n) is 18.6. The normalized spacial score (nSPS) is 14.2. The van der Waals surface area contributed by atoms with Crippen LogP contribution in [0.25, 0.3) is 16.7 Å².